The topological polar surface area (TPSA) is 30.5 Å². The average Bonchev–Trinajstić information content (AvgIpc) is 2.55. The number of rotatable bonds is 8. The summed E-state index contributed by atoms with van der Waals surface area (Å²) in [6.45, 7) is 6.22. The summed E-state index contributed by atoms with van der Waals surface area (Å²) in [5.41, 5.74) is 1.83. The van der Waals surface area contributed by atoms with Crippen LogP contribution in [0.5, 0.6) is 11.5 Å². The highest BCUT2D eigenvalue weighted by molar-refractivity contribution is 6.31. The van der Waals surface area contributed by atoms with Gasteiger partial charge in [-0.15, -0.1) is 0 Å². The Morgan fingerprint density at radius 3 is 2.46 bits per heavy atom. The molecule has 2 rings (SSSR count). The van der Waals surface area contributed by atoms with Crippen molar-refractivity contribution < 1.29 is 13.9 Å². The molecular weight excluding hydrogens is 329 g/mol. The molecule has 24 heavy (non-hydrogen) atoms. The summed E-state index contributed by atoms with van der Waals surface area (Å²) in [5, 5.41) is 3.99. The van der Waals surface area contributed by atoms with Crippen LogP contribution in [0.2, 0.25) is 5.02 Å². The largest absolute Gasteiger partial charge is 0.493 e. The van der Waals surface area contributed by atoms with Crippen molar-refractivity contribution in [1.29, 1.82) is 0 Å². The van der Waals surface area contributed by atoms with Crippen LogP contribution >= 0.6 is 11.6 Å². The Morgan fingerprint density at radius 1 is 1.12 bits per heavy atom. The molecule has 130 valence electrons. The van der Waals surface area contributed by atoms with Crippen molar-refractivity contribution in [2.75, 3.05) is 13.7 Å². The quantitative estimate of drug-likeness (QED) is 0.740. The molecule has 0 unspecified atom stereocenters. The molecule has 2 aromatic carbocycles. The monoisotopic (exact) mass is 351 g/mol. The molecule has 0 radical (unpaired) electrons. The molecule has 0 saturated carbocycles. The van der Waals surface area contributed by atoms with E-state index in [-0.39, 0.29) is 5.82 Å². The lowest BCUT2D eigenvalue weighted by Gasteiger charge is -2.15. The van der Waals surface area contributed by atoms with E-state index in [1.54, 1.807) is 25.3 Å². The zero-order valence-electron chi connectivity index (χ0n) is 14.2. The Kier molecular flexibility index (Phi) is 6.88. The second-order valence-electron chi connectivity index (χ2n) is 6.03. The van der Waals surface area contributed by atoms with E-state index in [1.807, 2.05) is 6.07 Å². The minimum absolute atomic E-state index is 0.266. The van der Waals surface area contributed by atoms with E-state index in [4.69, 9.17) is 21.1 Å². The number of nitrogens with one attached hydrogen (secondary N) is 1. The molecule has 0 heterocycles. The maximum atomic E-state index is 12.9. The molecule has 0 spiro atoms. The maximum absolute atomic E-state index is 12.9. The standard InChI is InChI=1S/C19H23ClFNO2/c1-13(2)10-22-11-15-8-18(23-3)19(9-17(15)20)24-12-14-4-6-16(21)7-5-14/h4-9,13,22H,10-12H2,1-3H3. The van der Waals surface area contributed by atoms with E-state index in [1.165, 1.54) is 12.1 Å². The minimum atomic E-state index is -0.266. The fraction of sp³-hybridized carbons (Fsp3) is 0.368. The predicted molar refractivity (Wildman–Crippen MR) is 95.3 cm³/mol. The second-order valence-corrected chi connectivity index (χ2v) is 6.44. The van der Waals surface area contributed by atoms with Gasteiger partial charge in [-0.25, -0.2) is 4.39 Å². The predicted octanol–water partition coefficient (Wildman–Crippen LogP) is 4.81. The van der Waals surface area contributed by atoms with E-state index in [0.717, 1.165) is 17.7 Å². The van der Waals surface area contributed by atoms with Crippen LogP contribution in [0.3, 0.4) is 0 Å². The van der Waals surface area contributed by atoms with Gasteiger partial charge in [-0.1, -0.05) is 37.6 Å². The van der Waals surface area contributed by atoms with Crippen LogP contribution in [0.15, 0.2) is 36.4 Å². The number of benzene rings is 2. The molecule has 5 heteroatoms. The first-order valence-corrected chi connectivity index (χ1v) is 8.31. The summed E-state index contributed by atoms with van der Waals surface area (Å²) in [5.74, 6) is 1.50. The zero-order chi connectivity index (χ0) is 17.5. The molecular formula is C19H23ClFNO2. The molecule has 0 aliphatic heterocycles. The lowest BCUT2D eigenvalue weighted by Crippen LogP contribution is -2.19. The van der Waals surface area contributed by atoms with Crippen LogP contribution in [-0.2, 0) is 13.2 Å². The maximum Gasteiger partial charge on any atom is 0.163 e. The van der Waals surface area contributed by atoms with Crippen molar-refractivity contribution >= 4 is 11.6 Å². The van der Waals surface area contributed by atoms with Gasteiger partial charge >= 0.3 is 0 Å². The SMILES string of the molecule is COc1cc(CNCC(C)C)c(Cl)cc1OCc1ccc(F)cc1. The van der Waals surface area contributed by atoms with Gasteiger partial charge in [0.25, 0.3) is 0 Å². The molecule has 0 aliphatic rings. The van der Waals surface area contributed by atoms with Gasteiger partial charge < -0.3 is 14.8 Å². The van der Waals surface area contributed by atoms with Crippen molar-refractivity contribution in [1.82, 2.24) is 5.32 Å². The van der Waals surface area contributed by atoms with Crippen LogP contribution in [0.1, 0.15) is 25.0 Å². The van der Waals surface area contributed by atoms with Crippen molar-refractivity contribution in [3.05, 3.63) is 58.4 Å². The second kappa shape index (κ2) is 8.90. The van der Waals surface area contributed by atoms with E-state index in [0.29, 0.717) is 35.6 Å². The van der Waals surface area contributed by atoms with Gasteiger partial charge in [0, 0.05) is 17.6 Å². The number of hydrogen-bond donors (Lipinski definition) is 1. The third-order valence-electron chi connectivity index (χ3n) is 3.51. The first-order valence-electron chi connectivity index (χ1n) is 7.94. The Morgan fingerprint density at radius 2 is 1.83 bits per heavy atom. The summed E-state index contributed by atoms with van der Waals surface area (Å²) in [7, 11) is 1.60. The lowest BCUT2D eigenvalue weighted by atomic mass is 10.1. The lowest BCUT2D eigenvalue weighted by molar-refractivity contribution is 0.284. The molecule has 3 nitrogen and oxygen atoms in total. The molecule has 0 atom stereocenters. The summed E-state index contributed by atoms with van der Waals surface area (Å²) in [6, 6.07) is 9.84. The van der Waals surface area contributed by atoms with Gasteiger partial charge in [0.1, 0.15) is 12.4 Å². The number of hydrogen-bond acceptors (Lipinski definition) is 3. The molecule has 2 aromatic rings. The summed E-state index contributed by atoms with van der Waals surface area (Å²) < 4.78 is 24.1. The Bertz CT molecular complexity index is 659. The Balaban J connectivity index is 2.06. The molecule has 0 fully saturated rings. The van der Waals surface area contributed by atoms with E-state index in [9.17, 15) is 4.39 Å². The van der Waals surface area contributed by atoms with Crippen LogP contribution < -0.4 is 14.8 Å². The molecule has 0 aliphatic carbocycles. The van der Waals surface area contributed by atoms with Gasteiger partial charge in [0.05, 0.1) is 7.11 Å². The Labute approximate surface area is 147 Å². The number of halogens is 2. The highest BCUT2D eigenvalue weighted by Gasteiger charge is 2.11. The highest BCUT2D eigenvalue weighted by Crippen LogP contribution is 2.34. The van der Waals surface area contributed by atoms with Crippen molar-refractivity contribution in [3.63, 3.8) is 0 Å². The van der Waals surface area contributed by atoms with Crippen LogP contribution in [0.25, 0.3) is 0 Å². The van der Waals surface area contributed by atoms with Crippen molar-refractivity contribution in [2.45, 2.75) is 27.0 Å². The normalized spacial score (nSPS) is 10.9. The van der Waals surface area contributed by atoms with Crippen LogP contribution in [-0.4, -0.2) is 13.7 Å². The van der Waals surface area contributed by atoms with Gasteiger partial charge in [0.2, 0.25) is 0 Å². The van der Waals surface area contributed by atoms with Crippen LogP contribution in [0, 0.1) is 11.7 Å². The molecule has 0 bridgehead atoms. The summed E-state index contributed by atoms with van der Waals surface area (Å²) in [6.07, 6.45) is 0. The average molecular weight is 352 g/mol. The van der Waals surface area contributed by atoms with Crippen molar-refractivity contribution in [3.8, 4) is 11.5 Å². The van der Waals surface area contributed by atoms with E-state index >= 15 is 0 Å². The first kappa shape index (κ1) is 18.6. The fourth-order valence-electron chi connectivity index (χ4n) is 2.22. The number of methoxy groups -OCH3 is 1. The highest BCUT2D eigenvalue weighted by atomic mass is 35.5. The third kappa shape index (κ3) is 5.39. The third-order valence-corrected chi connectivity index (χ3v) is 3.86. The van der Waals surface area contributed by atoms with E-state index < -0.39 is 0 Å². The fourth-order valence-corrected chi connectivity index (χ4v) is 2.44. The Hall–Kier alpha value is -1.78. The minimum Gasteiger partial charge on any atom is -0.493 e. The van der Waals surface area contributed by atoms with Gasteiger partial charge in [-0.05, 0) is 41.8 Å². The van der Waals surface area contributed by atoms with Gasteiger partial charge in [-0.2, -0.15) is 0 Å². The molecule has 0 saturated heterocycles. The molecule has 0 amide bonds. The zero-order valence-corrected chi connectivity index (χ0v) is 15.0. The summed E-state index contributed by atoms with van der Waals surface area (Å²) >= 11 is 6.35. The smallest absolute Gasteiger partial charge is 0.163 e. The first-order chi connectivity index (χ1) is 11.5. The van der Waals surface area contributed by atoms with E-state index in [2.05, 4.69) is 19.2 Å². The number of ether oxygens (including phenoxy) is 2. The van der Waals surface area contributed by atoms with Gasteiger partial charge in [0.15, 0.2) is 11.5 Å². The summed E-state index contributed by atoms with van der Waals surface area (Å²) in [4.78, 5) is 0. The molecule has 1 N–H and O–H groups in total. The molecule has 0 aromatic heterocycles. The van der Waals surface area contributed by atoms with Crippen LogP contribution in [0.4, 0.5) is 4.39 Å². The van der Waals surface area contributed by atoms with Gasteiger partial charge in [-0.3, -0.25) is 0 Å². The van der Waals surface area contributed by atoms with Crippen molar-refractivity contribution in [2.24, 2.45) is 5.92 Å².